The summed E-state index contributed by atoms with van der Waals surface area (Å²) in [6.07, 6.45) is 0. The summed E-state index contributed by atoms with van der Waals surface area (Å²) < 4.78 is 4.29. The van der Waals surface area contributed by atoms with Gasteiger partial charge in [0.1, 0.15) is 11.5 Å². The first-order valence-electron chi connectivity index (χ1n) is 4.03. The van der Waals surface area contributed by atoms with Crippen LogP contribution >= 0.6 is 0 Å². The summed E-state index contributed by atoms with van der Waals surface area (Å²) in [5, 5.41) is 23.5. The van der Waals surface area contributed by atoms with E-state index >= 15 is 0 Å². The molecule has 0 bridgehead atoms. The van der Waals surface area contributed by atoms with Gasteiger partial charge >= 0.3 is 0 Å². The SMILES string of the molecule is CC(=O)/C(C(=N)c1nonc1N)=C(\C)O. The van der Waals surface area contributed by atoms with E-state index in [1.54, 1.807) is 0 Å². The van der Waals surface area contributed by atoms with Crippen LogP contribution in [0.25, 0.3) is 0 Å². The van der Waals surface area contributed by atoms with Crippen molar-refractivity contribution >= 4 is 17.3 Å². The topological polar surface area (TPSA) is 126 Å². The number of rotatable bonds is 3. The van der Waals surface area contributed by atoms with Gasteiger partial charge in [0.2, 0.25) is 0 Å². The van der Waals surface area contributed by atoms with Crippen molar-refractivity contribution in [3.05, 3.63) is 17.0 Å². The fourth-order valence-corrected chi connectivity index (χ4v) is 1.10. The van der Waals surface area contributed by atoms with Gasteiger partial charge in [-0.05, 0) is 24.2 Å². The van der Waals surface area contributed by atoms with E-state index in [4.69, 9.17) is 11.1 Å². The molecule has 1 rings (SSSR count). The Bertz CT molecular complexity index is 442. The average molecular weight is 210 g/mol. The molecule has 0 saturated heterocycles. The number of anilines is 1. The second-order valence-electron chi connectivity index (χ2n) is 2.89. The van der Waals surface area contributed by atoms with Crippen molar-refractivity contribution in [2.24, 2.45) is 0 Å². The first-order valence-corrected chi connectivity index (χ1v) is 4.03. The number of aliphatic hydroxyl groups excluding tert-OH is 1. The summed E-state index contributed by atoms with van der Waals surface area (Å²) in [5.74, 6) is -0.822. The van der Waals surface area contributed by atoms with Gasteiger partial charge < -0.3 is 10.8 Å². The van der Waals surface area contributed by atoms with Crippen molar-refractivity contribution in [3.63, 3.8) is 0 Å². The molecule has 15 heavy (non-hydrogen) atoms. The van der Waals surface area contributed by atoms with Crippen LogP contribution in [0, 0.1) is 5.41 Å². The molecule has 0 unspecified atom stereocenters. The van der Waals surface area contributed by atoms with Gasteiger partial charge in [-0.3, -0.25) is 10.2 Å². The number of allylic oxidation sites excluding steroid dienone is 2. The van der Waals surface area contributed by atoms with Crippen molar-refractivity contribution < 1.29 is 14.5 Å². The van der Waals surface area contributed by atoms with Crippen molar-refractivity contribution in [1.29, 1.82) is 5.41 Å². The first kappa shape index (κ1) is 10.9. The molecule has 0 aliphatic rings. The molecular formula is C8H10N4O3. The van der Waals surface area contributed by atoms with Gasteiger partial charge in [0.15, 0.2) is 17.3 Å². The normalized spacial score (nSPS) is 12.1. The Labute approximate surface area is 85.0 Å². The van der Waals surface area contributed by atoms with Crippen LogP contribution in [-0.4, -0.2) is 26.9 Å². The van der Waals surface area contributed by atoms with E-state index in [0.29, 0.717) is 0 Å². The Morgan fingerprint density at radius 1 is 1.47 bits per heavy atom. The lowest BCUT2D eigenvalue weighted by atomic mass is 10.0. The molecule has 7 heteroatoms. The second kappa shape index (κ2) is 3.91. The number of hydrogen-bond donors (Lipinski definition) is 3. The van der Waals surface area contributed by atoms with Crippen molar-refractivity contribution in [1.82, 2.24) is 10.3 Å². The number of nitrogens with one attached hydrogen (secondary N) is 1. The molecule has 0 saturated carbocycles. The summed E-state index contributed by atoms with van der Waals surface area (Å²) in [5.41, 5.74) is 4.83. The van der Waals surface area contributed by atoms with Gasteiger partial charge in [-0.15, -0.1) is 0 Å². The standard InChI is InChI=1S/C8H10N4O3/c1-3(13)5(4(2)14)6(9)7-8(10)12-15-11-7/h9,13H,1-2H3,(H2,10,12)/b5-3-,9-6?. The number of ketones is 1. The van der Waals surface area contributed by atoms with E-state index < -0.39 is 5.78 Å². The highest BCUT2D eigenvalue weighted by atomic mass is 16.6. The van der Waals surface area contributed by atoms with Gasteiger partial charge in [-0.1, -0.05) is 0 Å². The largest absolute Gasteiger partial charge is 0.512 e. The Morgan fingerprint density at radius 2 is 2.07 bits per heavy atom. The summed E-state index contributed by atoms with van der Waals surface area (Å²) in [7, 11) is 0. The van der Waals surface area contributed by atoms with Crippen LogP contribution in [0.2, 0.25) is 0 Å². The average Bonchev–Trinajstić information content (AvgIpc) is 2.49. The maximum atomic E-state index is 11.2. The fraction of sp³-hybridized carbons (Fsp3) is 0.250. The molecular weight excluding hydrogens is 200 g/mol. The molecule has 0 amide bonds. The van der Waals surface area contributed by atoms with Crippen LogP contribution in [0.3, 0.4) is 0 Å². The number of nitrogens with two attached hydrogens (primary N) is 1. The molecule has 7 nitrogen and oxygen atoms in total. The van der Waals surface area contributed by atoms with E-state index in [1.807, 2.05) is 0 Å². The molecule has 1 heterocycles. The lowest BCUT2D eigenvalue weighted by Crippen LogP contribution is -2.14. The number of nitrogen functional groups attached to an aromatic ring is 1. The third-order valence-electron chi connectivity index (χ3n) is 1.71. The monoisotopic (exact) mass is 210 g/mol. The molecule has 0 aliphatic heterocycles. The predicted octanol–water partition coefficient (Wildman–Crippen LogP) is 0.441. The van der Waals surface area contributed by atoms with Gasteiger partial charge in [0.25, 0.3) is 0 Å². The third-order valence-corrected chi connectivity index (χ3v) is 1.71. The summed E-state index contributed by atoms with van der Waals surface area (Å²) in [6, 6.07) is 0. The number of aliphatic hydroxyl groups is 1. The Hall–Kier alpha value is -2.18. The molecule has 80 valence electrons. The quantitative estimate of drug-likeness (QED) is 0.377. The maximum Gasteiger partial charge on any atom is 0.198 e. The lowest BCUT2D eigenvalue weighted by Gasteiger charge is -2.03. The molecule has 0 aromatic carbocycles. The minimum absolute atomic E-state index is 0.0615. The third kappa shape index (κ3) is 2.01. The highest BCUT2D eigenvalue weighted by molar-refractivity contribution is 6.27. The van der Waals surface area contributed by atoms with Crippen LogP contribution < -0.4 is 5.73 Å². The van der Waals surface area contributed by atoms with Crippen LogP contribution in [-0.2, 0) is 4.79 Å². The molecule has 4 N–H and O–H groups in total. The molecule has 0 atom stereocenters. The predicted molar refractivity (Wildman–Crippen MR) is 51.5 cm³/mol. The molecule has 1 aromatic rings. The summed E-state index contributed by atoms with van der Waals surface area (Å²) in [4.78, 5) is 11.2. The number of carbonyl (C=O) groups is 1. The minimum atomic E-state index is -0.456. The van der Waals surface area contributed by atoms with Crippen LogP contribution in [0.4, 0.5) is 5.82 Å². The van der Waals surface area contributed by atoms with Crippen molar-refractivity contribution in [2.45, 2.75) is 13.8 Å². The molecule has 0 aliphatic carbocycles. The Kier molecular flexibility index (Phi) is 2.84. The number of Topliss-reactive ketones (excluding diaryl/α,β-unsaturated/α-hetero) is 1. The smallest absolute Gasteiger partial charge is 0.198 e. The summed E-state index contributed by atoms with van der Waals surface area (Å²) >= 11 is 0. The molecule has 0 radical (unpaired) electrons. The van der Waals surface area contributed by atoms with Crippen molar-refractivity contribution in [2.75, 3.05) is 5.73 Å². The first-order chi connectivity index (χ1) is 6.95. The van der Waals surface area contributed by atoms with Gasteiger partial charge in [-0.25, -0.2) is 4.63 Å². The van der Waals surface area contributed by atoms with Gasteiger partial charge in [-0.2, -0.15) is 0 Å². The van der Waals surface area contributed by atoms with E-state index in [2.05, 4.69) is 14.9 Å². The van der Waals surface area contributed by atoms with E-state index in [-0.39, 0.29) is 28.6 Å². The Morgan fingerprint density at radius 3 is 2.40 bits per heavy atom. The number of aromatic nitrogens is 2. The number of carbonyl (C=O) groups excluding carboxylic acids is 1. The molecule has 1 aromatic heterocycles. The maximum absolute atomic E-state index is 11.2. The van der Waals surface area contributed by atoms with Crippen LogP contribution in [0.1, 0.15) is 19.5 Å². The molecule has 0 spiro atoms. The highest BCUT2D eigenvalue weighted by Gasteiger charge is 2.21. The summed E-state index contributed by atoms with van der Waals surface area (Å²) in [6.45, 7) is 2.53. The number of nitrogens with zero attached hydrogens (tertiary/aromatic N) is 2. The zero-order chi connectivity index (χ0) is 11.6. The van der Waals surface area contributed by atoms with E-state index in [0.717, 1.165) is 0 Å². The Balaban J connectivity index is 3.20. The minimum Gasteiger partial charge on any atom is -0.512 e. The van der Waals surface area contributed by atoms with Gasteiger partial charge in [0, 0.05) is 0 Å². The van der Waals surface area contributed by atoms with Crippen molar-refractivity contribution in [3.8, 4) is 0 Å². The van der Waals surface area contributed by atoms with Gasteiger partial charge in [0.05, 0.1) is 5.57 Å². The zero-order valence-corrected chi connectivity index (χ0v) is 8.24. The van der Waals surface area contributed by atoms with Crippen LogP contribution in [0.15, 0.2) is 16.0 Å². The van der Waals surface area contributed by atoms with E-state index in [1.165, 1.54) is 13.8 Å². The highest BCUT2D eigenvalue weighted by Crippen LogP contribution is 2.14. The lowest BCUT2D eigenvalue weighted by molar-refractivity contribution is -0.113. The second-order valence-corrected chi connectivity index (χ2v) is 2.89. The van der Waals surface area contributed by atoms with Crippen LogP contribution in [0.5, 0.6) is 0 Å². The fourth-order valence-electron chi connectivity index (χ4n) is 1.10. The number of hydrogen-bond acceptors (Lipinski definition) is 7. The molecule has 0 fully saturated rings. The zero-order valence-electron chi connectivity index (χ0n) is 8.24. The van der Waals surface area contributed by atoms with E-state index in [9.17, 15) is 9.90 Å².